The Labute approximate surface area is 118 Å². The second-order valence-electron chi connectivity index (χ2n) is 6.27. The van der Waals surface area contributed by atoms with Gasteiger partial charge in [0.25, 0.3) is 5.91 Å². The predicted molar refractivity (Wildman–Crippen MR) is 78.6 cm³/mol. The van der Waals surface area contributed by atoms with Gasteiger partial charge >= 0.3 is 0 Å². The summed E-state index contributed by atoms with van der Waals surface area (Å²) in [6, 6.07) is 6.24. The van der Waals surface area contributed by atoms with Crippen molar-refractivity contribution in [2.24, 2.45) is 5.73 Å². The van der Waals surface area contributed by atoms with E-state index in [9.17, 15) is 4.79 Å². The first kappa shape index (κ1) is 12.9. The van der Waals surface area contributed by atoms with Crippen molar-refractivity contribution in [3.8, 4) is 11.3 Å². The zero-order chi connectivity index (χ0) is 14.5. The lowest BCUT2D eigenvalue weighted by atomic mass is 9.85. The molecule has 1 aromatic heterocycles. The van der Waals surface area contributed by atoms with Crippen LogP contribution in [0.25, 0.3) is 11.3 Å². The Bertz CT molecular complexity index is 685. The van der Waals surface area contributed by atoms with Crippen LogP contribution in [0.1, 0.15) is 54.6 Å². The minimum absolute atomic E-state index is 0.161. The number of primary amides is 1. The molecular formula is C16H19N3O. The number of H-pyrrole nitrogens is 1. The van der Waals surface area contributed by atoms with Crippen LogP contribution < -0.4 is 5.73 Å². The first-order valence-electron chi connectivity index (χ1n) is 6.89. The Morgan fingerprint density at radius 1 is 1.45 bits per heavy atom. The van der Waals surface area contributed by atoms with Gasteiger partial charge in [0.15, 0.2) is 0 Å². The van der Waals surface area contributed by atoms with E-state index in [1.54, 1.807) is 6.20 Å². The van der Waals surface area contributed by atoms with Crippen LogP contribution in [0.3, 0.4) is 0 Å². The molecule has 3 N–H and O–H groups in total. The maximum absolute atomic E-state index is 11.5. The van der Waals surface area contributed by atoms with Crippen LogP contribution in [0.4, 0.5) is 0 Å². The fourth-order valence-electron chi connectivity index (χ4n) is 3.55. The number of hydrogen-bond donors (Lipinski definition) is 2. The van der Waals surface area contributed by atoms with Crippen molar-refractivity contribution >= 4 is 5.91 Å². The van der Waals surface area contributed by atoms with Gasteiger partial charge in [-0.05, 0) is 28.9 Å². The number of rotatable bonds is 2. The number of amides is 1. The number of aromatic nitrogens is 2. The smallest absolute Gasteiger partial charge is 0.252 e. The number of nitrogens with one attached hydrogen (secondary N) is 1. The van der Waals surface area contributed by atoms with E-state index in [0.29, 0.717) is 17.2 Å². The topological polar surface area (TPSA) is 71.8 Å². The molecule has 20 heavy (non-hydrogen) atoms. The number of hydrogen-bond acceptors (Lipinski definition) is 2. The minimum atomic E-state index is -0.448. The molecule has 1 atom stereocenters. The molecule has 0 spiro atoms. The normalized spacial score (nSPS) is 19.9. The van der Waals surface area contributed by atoms with E-state index >= 15 is 0 Å². The molecule has 4 heteroatoms. The number of nitrogens with zero attached hydrogens (tertiary/aromatic N) is 1. The van der Waals surface area contributed by atoms with Gasteiger partial charge in [0.2, 0.25) is 0 Å². The average molecular weight is 269 g/mol. The van der Waals surface area contributed by atoms with Crippen molar-refractivity contribution in [3.63, 3.8) is 0 Å². The van der Waals surface area contributed by atoms with Gasteiger partial charge in [-0.25, -0.2) is 0 Å². The molecule has 0 fully saturated rings. The number of fused-ring (bicyclic) bond motifs is 1. The fourth-order valence-corrected chi connectivity index (χ4v) is 3.55. The first-order valence-corrected chi connectivity index (χ1v) is 6.89. The molecule has 0 saturated carbocycles. The Hall–Kier alpha value is -2.10. The lowest BCUT2D eigenvalue weighted by molar-refractivity contribution is 0.100. The van der Waals surface area contributed by atoms with E-state index in [4.69, 9.17) is 5.73 Å². The molecular weight excluding hydrogens is 250 g/mol. The molecule has 3 rings (SSSR count). The standard InChI is InChI=1S/C16H19N3O/c1-9-7-16(2,3)12-6-4-5-10(13(9)12)14-11(15(17)20)8-18-19-14/h4-6,8-9H,7H2,1-3H3,(H2,17,20)(H,18,19)/t9-/m0/s1. The van der Waals surface area contributed by atoms with Crippen LogP contribution in [0.2, 0.25) is 0 Å². The quantitative estimate of drug-likeness (QED) is 0.879. The Morgan fingerprint density at radius 2 is 2.20 bits per heavy atom. The second kappa shape index (κ2) is 4.20. The monoisotopic (exact) mass is 269 g/mol. The highest BCUT2D eigenvalue weighted by Crippen LogP contribution is 2.49. The van der Waals surface area contributed by atoms with Crippen molar-refractivity contribution in [1.29, 1.82) is 0 Å². The summed E-state index contributed by atoms with van der Waals surface area (Å²) in [5, 5.41) is 7.00. The largest absolute Gasteiger partial charge is 0.365 e. The molecule has 1 amide bonds. The Balaban J connectivity index is 2.25. The zero-order valence-corrected chi connectivity index (χ0v) is 12.0. The zero-order valence-electron chi connectivity index (χ0n) is 12.0. The highest BCUT2D eigenvalue weighted by Gasteiger charge is 2.36. The first-order chi connectivity index (χ1) is 9.42. The molecule has 0 aliphatic heterocycles. The summed E-state index contributed by atoms with van der Waals surface area (Å²) < 4.78 is 0. The van der Waals surface area contributed by atoms with E-state index in [2.05, 4.69) is 37.0 Å². The van der Waals surface area contributed by atoms with Gasteiger partial charge < -0.3 is 5.73 Å². The molecule has 1 heterocycles. The molecule has 2 aromatic rings. The van der Waals surface area contributed by atoms with Crippen LogP contribution in [-0.4, -0.2) is 16.1 Å². The van der Waals surface area contributed by atoms with Crippen molar-refractivity contribution in [2.45, 2.75) is 38.5 Å². The van der Waals surface area contributed by atoms with Crippen molar-refractivity contribution in [3.05, 3.63) is 41.1 Å². The lowest BCUT2D eigenvalue weighted by Crippen LogP contribution is -2.12. The third kappa shape index (κ3) is 1.75. The molecule has 0 radical (unpaired) electrons. The molecule has 1 aromatic carbocycles. The number of carbonyl (C=O) groups is 1. The van der Waals surface area contributed by atoms with E-state index in [-0.39, 0.29) is 5.41 Å². The van der Waals surface area contributed by atoms with Gasteiger partial charge in [-0.2, -0.15) is 5.10 Å². The van der Waals surface area contributed by atoms with Gasteiger partial charge in [-0.3, -0.25) is 9.89 Å². The summed E-state index contributed by atoms with van der Waals surface area (Å²) in [4.78, 5) is 11.5. The summed E-state index contributed by atoms with van der Waals surface area (Å²) in [6.07, 6.45) is 2.68. The van der Waals surface area contributed by atoms with Crippen LogP contribution in [0.5, 0.6) is 0 Å². The number of nitrogens with two attached hydrogens (primary N) is 1. The van der Waals surface area contributed by atoms with E-state index in [1.807, 2.05) is 12.1 Å². The van der Waals surface area contributed by atoms with Crippen molar-refractivity contribution in [2.75, 3.05) is 0 Å². The van der Waals surface area contributed by atoms with Crippen LogP contribution in [0, 0.1) is 0 Å². The summed E-state index contributed by atoms with van der Waals surface area (Å²) in [5.41, 5.74) is 10.4. The molecule has 0 unspecified atom stereocenters. The molecule has 0 saturated heterocycles. The summed E-state index contributed by atoms with van der Waals surface area (Å²) in [7, 11) is 0. The SMILES string of the molecule is C[C@H]1CC(C)(C)c2cccc(-c3n[nH]cc3C(N)=O)c21. The van der Waals surface area contributed by atoms with Crippen LogP contribution in [0.15, 0.2) is 24.4 Å². The van der Waals surface area contributed by atoms with Gasteiger partial charge in [0.05, 0.1) is 5.56 Å². The van der Waals surface area contributed by atoms with Crippen molar-refractivity contribution < 1.29 is 4.79 Å². The second-order valence-corrected chi connectivity index (χ2v) is 6.27. The third-order valence-corrected chi connectivity index (χ3v) is 4.31. The lowest BCUT2D eigenvalue weighted by Gasteiger charge is -2.19. The molecule has 0 bridgehead atoms. The minimum Gasteiger partial charge on any atom is -0.365 e. The third-order valence-electron chi connectivity index (χ3n) is 4.31. The fraction of sp³-hybridized carbons (Fsp3) is 0.375. The number of carbonyl (C=O) groups excluding carboxylic acids is 1. The summed E-state index contributed by atoms with van der Waals surface area (Å²) >= 11 is 0. The number of benzene rings is 1. The van der Waals surface area contributed by atoms with Gasteiger partial charge in [0, 0.05) is 11.8 Å². The Morgan fingerprint density at radius 3 is 2.90 bits per heavy atom. The van der Waals surface area contributed by atoms with Gasteiger partial charge in [-0.15, -0.1) is 0 Å². The van der Waals surface area contributed by atoms with Crippen molar-refractivity contribution in [1.82, 2.24) is 10.2 Å². The highest BCUT2D eigenvalue weighted by molar-refractivity contribution is 5.99. The maximum Gasteiger partial charge on any atom is 0.252 e. The molecule has 104 valence electrons. The molecule has 4 nitrogen and oxygen atoms in total. The van der Waals surface area contributed by atoms with E-state index in [0.717, 1.165) is 12.0 Å². The average Bonchev–Trinajstić information content (AvgIpc) is 2.93. The highest BCUT2D eigenvalue weighted by atomic mass is 16.1. The van der Waals surface area contributed by atoms with E-state index < -0.39 is 5.91 Å². The predicted octanol–water partition coefficient (Wildman–Crippen LogP) is 2.96. The summed E-state index contributed by atoms with van der Waals surface area (Å²) in [6.45, 7) is 6.75. The number of aromatic amines is 1. The van der Waals surface area contributed by atoms with Gasteiger partial charge in [0.1, 0.15) is 5.69 Å². The van der Waals surface area contributed by atoms with Crippen LogP contribution >= 0.6 is 0 Å². The van der Waals surface area contributed by atoms with Crippen LogP contribution in [-0.2, 0) is 5.41 Å². The van der Waals surface area contributed by atoms with Gasteiger partial charge in [-0.1, -0.05) is 39.0 Å². The Kier molecular flexibility index (Phi) is 2.71. The van der Waals surface area contributed by atoms with E-state index in [1.165, 1.54) is 11.1 Å². The maximum atomic E-state index is 11.5. The summed E-state index contributed by atoms with van der Waals surface area (Å²) in [5.74, 6) is 0.00453. The molecule has 1 aliphatic rings. The molecule has 1 aliphatic carbocycles.